The monoisotopic (exact) mass is 368 g/mol. The number of hydrogen-bond donors (Lipinski definition) is 2. The summed E-state index contributed by atoms with van der Waals surface area (Å²) >= 11 is 0. The molecule has 0 aliphatic rings. The van der Waals surface area contributed by atoms with E-state index in [-0.39, 0.29) is 0 Å². The fourth-order valence-corrected chi connectivity index (χ4v) is 2.38. The van der Waals surface area contributed by atoms with Crippen molar-refractivity contribution in [2.24, 2.45) is 0 Å². The molecule has 0 amide bonds. The highest BCUT2D eigenvalue weighted by Gasteiger charge is 2.14. The lowest BCUT2D eigenvalue weighted by molar-refractivity contribution is 0.324. The van der Waals surface area contributed by atoms with E-state index in [1.807, 2.05) is 6.92 Å². The Labute approximate surface area is 156 Å². The van der Waals surface area contributed by atoms with Gasteiger partial charge in [-0.2, -0.15) is 4.98 Å². The molecule has 0 radical (unpaired) electrons. The molecule has 9 nitrogen and oxygen atoms in total. The highest BCUT2D eigenvalue weighted by molar-refractivity contribution is 5.68. The fourth-order valence-electron chi connectivity index (χ4n) is 2.38. The van der Waals surface area contributed by atoms with E-state index in [4.69, 9.17) is 14.2 Å². The molecular weight excluding hydrogens is 348 g/mol. The van der Waals surface area contributed by atoms with Gasteiger partial charge in [-0.25, -0.2) is 15.0 Å². The summed E-state index contributed by atoms with van der Waals surface area (Å²) in [7, 11) is 4.70. The molecule has 0 aliphatic carbocycles. The molecule has 27 heavy (non-hydrogen) atoms. The second-order valence-electron chi connectivity index (χ2n) is 5.46. The minimum absolute atomic E-state index is 0.377. The Balaban J connectivity index is 1.90. The molecule has 3 rings (SSSR count). The number of ether oxygens (including phenoxy) is 3. The molecular formula is C18H20N6O3. The number of benzene rings is 1. The summed E-state index contributed by atoms with van der Waals surface area (Å²) in [6.45, 7) is 1.91. The summed E-state index contributed by atoms with van der Waals surface area (Å²) in [6.07, 6.45) is 4.98. The molecule has 0 saturated heterocycles. The van der Waals surface area contributed by atoms with Crippen molar-refractivity contribution in [3.8, 4) is 17.2 Å². The van der Waals surface area contributed by atoms with Gasteiger partial charge in [0.25, 0.3) is 0 Å². The van der Waals surface area contributed by atoms with E-state index >= 15 is 0 Å². The number of nitrogens with one attached hydrogen (secondary N) is 2. The molecule has 140 valence electrons. The summed E-state index contributed by atoms with van der Waals surface area (Å²) in [4.78, 5) is 17.0. The predicted octanol–water partition coefficient (Wildman–Crippen LogP) is 3.09. The Morgan fingerprint density at radius 2 is 1.48 bits per heavy atom. The van der Waals surface area contributed by atoms with E-state index in [0.717, 1.165) is 11.3 Å². The van der Waals surface area contributed by atoms with Crippen molar-refractivity contribution in [1.82, 2.24) is 19.9 Å². The molecule has 0 spiro atoms. The van der Waals surface area contributed by atoms with Crippen molar-refractivity contribution in [2.45, 2.75) is 6.92 Å². The third kappa shape index (κ3) is 4.14. The third-order valence-electron chi connectivity index (χ3n) is 3.69. The first-order chi connectivity index (χ1) is 13.1. The molecule has 2 aromatic heterocycles. The quantitative estimate of drug-likeness (QED) is 0.651. The Morgan fingerprint density at radius 3 is 2.07 bits per heavy atom. The van der Waals surface area contributed by atoms with Gasteiger partial charge in [0.05, 0.1) is 21.3 Å². The molecule has 0 saturated carbocycles. The van der Waals surface area contributed by atoms with E-state index in [2.05, 4.69) is 30.6 Å². The molecule has 3 aromatic rings. The van der Waals surface area contributed by atoms with Gasteiger partial charge >= 0.3 is 0 Å². The summed E-state index contributed by atoms with van der Waals surface area (Å²) < 4.78 is 16.1. The van der Waals surface area contributed by atoms with E-state index < -0.39 is 0 Å². The van der Waals surface area contributed by atoms with Crippen LogP contribution in [0.5, 0.6) is 17.2 Å². The van der Waals surface area contributed by atoms with Crippen molar-refractivity contribution in [2.75, 3.05) is 32.0 Å². The van der Waals surface area contributed by atoms with E-state index in [9.17, 15) is 0 Å². The molecule has 9 heteroatoms. The Bertz CT molecular complexity index is 895. The molecule has 0 unspecified atom stereocenters. The van der Waals surface area contributed by atoms with Gasteiger partial charge in [-0.3, -0.25) is 5.32 Å². The summed E-state index contributed by atoms with van der Waals surface area (Å²) in [6, 6.07) is 5.34. The lowest BCUT2D eigenvalue weighted by Crippen LogP contribution is -2.05. The molecule has 2 N–H and O–H groups in total. The second kappa shape index (κ2) is 8.17. The van der Waals surface area contributed by atoms with Gasteiger partial charge in [0.1, 0.15) is 5.82 Å². The average Bonchev–Trinajstić information content (AvgIpc) is 2.70. The van der Waals surface area contributed by atoms with Crippen molar-refractivity contribution in [3.63, 3.8) is 0 Å². The van der Waals surface area contributed by atoms with E-state index in [0.29, 0.717) is 35.0 Å². The first-order valence-corrected chi connectivity index (χ1v) is 8.09. The maximum absolute atomic E-state index is 5.38. The van der Waals surface area contributed by atoms with E-state index in [1.165, 1.54) is 0 Å². The van der Waals surface area contributed by atoms with Crippen LogP contribution in [0.25, 0.3) is 0 Å². The largest absolute Gasteiger partial charge is 0.493 e. The van der Waals surface area contributed by atoms with Crippen molar-refractivity contribution < 1.29 is 14.2 Å². The fraction of sp³-hybridized carbons (Fsp3) is 0.222. The van der Waals surface area contributed by atoms with Crippen LogP contribution in [0.4, 0.5) is 23.4 Å². The second-order valence-corrected chi connectivity index (χ2v) is 5.46. The van der Waals surface area contributed by atoms with Gasteiger partial charge in [0.2, 0.25) is 17.6 Å². The zero-order valence-electron chi connectivity index (χ0n) is 15.5. The minimum atomic E-state index is 0.377. The SMILES string of the molecule is COc1cc(Nc2nc(Nc3ncccn3)ncc2C)cc(OC)c1OC. The smallest absolute Gasteiger partial charge is 0.231 e. The first-order valence-electron chi connectivity index (χ1n) is 8.09. The van der Waals surface area contributed by atoms with Crippen molar-refractivity contribution in [3.05, 3.63) is 42.4 Å². The molecule has 2 heterocycles. The van der Waals surface area contributed by atoms with Crippen LogP contribution < -0.4 is 24.8 Å². The number of anilines is 4. The molecule has 0 fully saturated rings. The summed E-state index contributed by atoms with van der Waals surface area (Å²) in [5.41, 5.74) is 1.59. The van der Waals surface area contributed by atoms with Crippen LogP contribution in [-0.4, -0.2) is 41.3 Å². The zero-order chi connectivity index (χ0) is 19.2. The Kier molecular flexibility index (Phi) is 5.50. The zero-order valence-corrected chi connectivity index (χ0v) is 15.5. The van der Waals surface area contributed by atoms with Crippen LogP contribution in [-0.2, 0) is 0 Å². The highest BCUT2D eigenvalue weighted by atomic mass is 16.5. The summed E-state index contributed by atoms with van der Waals surface area (Å²) in [5.74, 6) is 3.03. The average molecular weight is 368 g/mol. The molecule has 0 atom stereocenters. The number of rotatable bonds is 7. The lowest BCUT2D eigenvalue weighted by Gasteiger charge is -2.15. The third-order valence-corrected chi connectivity index (χ3v) is 3.69. The van der Waals surface area contributed by atoms with Crippen LogP contribution >= 0.6 is 0 Å². The minimum Gasteiger partial charge on any atom is -0.493 e. The van der Waals surface area contributed by atoms with Gasteiger partial charge in [0.15, 0.2) is 11.5 Å². The predicted molar refractivity (Wildman–Crippen MR) is 101 cm³/mol. The van der Waals surface area contributed by atoms with Crippen LogP contribution in [0, 0.1) is 6.92 Å². The number of methoxy groups -OCH3 is 3. The van der Waals surface area contributed by atoms with E-state index in [1.54, 1.807) is 58.1 Å². The van der Waals surface area contributed by atoms with Gasteiger partial charge in [-0.05, 0) is 13.0 Å². The molecule has 0 bridgehead atoms. The van der Waals surface area contributed by atoms with Gasteiger partial charge in [-0.15, -0.1) is 0 Å². The topological polar surface area (TPSA) is 103 Å². The van der Waals surface area contributed by atoms with Crippen LogP contribution in [0.1, 0.15) is 5.56 Å². The van der Waals surface area contributed by atoms with Crippen LogP contribution in [0.15, 0.2) is 36.8 Å². The lowest BCUT2D eigenvalue weighted by atomic mass is 10.2. The number of nitrogens with zero attached hydrogens (tertiary/aromatic N) is 4. The maximum Gasteiger partial charge on any atom is 0.231 e. The first kappa shape index (κ1) is 18.2. The van der Waals surface area contributed by atoms with Crippen molar-refractivity contribution in [1.29, 1.82) is 0 Å². The Morgan fingerprint density at radius 1 is 0.815 bits per heavy atom. The normalized spacial score (nSPS) is 10.2. The molecule has 1 aromatic carbocycles. The standard InChI is InChI=1S/C18H20N6O3/c1-11-10-21-18(24-17-19-6-5-7-20-17)23-16(11)22-12-8-13(25-2)15(27-4)14(9-12)26-3/h5-10H,1-4H3,(H2,19,20,21,22,23,24). The van der Waals surface area contributed by atoms with Crippen LogP contribution in [0.2, 0.25) is 0 Å². The van der Waals surface area contributed by atoms with Gasteiger partial charge in [0, 0.05) is 42.0 Å². The summed E-state index contributed by atoms with van der Waals surface area (Å²) in [5, 5.41) is 6.22. The van der Waals surface area contributed by atoms with Crippen LogP contribution in [0.3, 0.4) is 0 Å². The maximum atomic E-state index is 5.38. The molecule has 0 aliphatic heterocycles. The van der Waals surface area contributed by atoms with Gasteiger partial charge in [-0.1, -0.05) is 0 Å². The Hall–Kier alpha value is -3.62. The van der Waals surface area contributed by atoms with Gasteiger partial charge < -0.3 is 19.5 Å². The number of hydrogen-bond acceptors (Lipinski definition) is 9. The number of aryl methyl sites for hydroxylation is 1. The highest BCUT2D eigenvalue weighted by Crippen LogP contribution is 2.40. The number of aromatic nitrogens is 4. The van der Waals surface area contributed by atoms with Crippen molar-refractivity contribution >= 4 is 23.4 Å².